The van der Waals surface area contributed by atoms with Gasteiger partial charge in [0.2, 0.25) is 0 Å². The van der Waals surface area contributed by atoms with E-state index in [0.29, 0.717) is 33.8 Å². The average Bonchev–Trinajstić information content (AvgIpc) is 3.30. The monoisotopic (exact) mass is 507 g/mol. The van der Waals surface area contributed by atoms with Crippen molar-refractivity contribution in [3.8, 4) is 11.5 Å². The minimum atomic E-state index is -0.135. The summed E-state index contributed by atoms with van der Waals surface area (Å²) in [5.41, 5.74) is 1.33. The second-order valence-corrected chi connectivity index (χ2v) is 9.73. The highest BCUT2D eigenvalue weighted by Crippen LogP contribution is 2.33. The predicted molar refractivity (Wildman–Crippen MR) is 141 cm³/mol. The number of hydrogen-bond donors (Lipinski definition) is 0. The van der Waals surface area contributed by atoms with E-state index in [4.69, 9.17) is 26.1 Å². The molecule has 8 heteroatoms. The van der Waals surface area contributed by atoms with Gasteiger partial charge in [-0.25, -0.2) is 4.98 Å². The average molecular weight is 508 g/mol. The zero-order chi connectivity index (χ0) is 24.0. The molecular weight excluding hydrogens is 482 g/mol. The summed E-state index contributed by atoms with van der Waals surface area (Å²) >= 11 is 7.67. The number of para-hydroxylation sites is 2. The maximum Gasteiger partial charge on any atom is 0.263 e. The fraction of sp³-hybridized carbons (Fsp3) is 0.259. The number of thiazole rings is 1. The Hall–Kier alpha value is -2.97. The molecule has 0 atom stereocenters. The Bertz CT molecular complexity index is 1290. The van der Waals surface area contributed by atoms with Crippen molar-refractivity contribution in [3.05, 3.63) is 83.4 Å². The van der Waals surface area contributed by atoms with E-state index >= 15 is 0 Å². The molecule has 1 aliphatic rings. The quantitative estimate of drug-likeness (QED) is 0.288. The summed E-state index contributed by atoms with van der Waals surface area (Å²) in [4.78, 5) is 22.8. The third kappa shape index (κ3) is 5.82. The second kappa shape index (κ2) is 11.2. The van der Waals surface area contributed by atoms with Crippen LogP contribution in [-0.2, 0) is 4.74 Å². The van der Waals surface area contributed by atoms with Crippen LogP contribution in [0.3, 0.4) is 0 Å². The Morgan fingerprint density at radius 1 is 1.06 bits per heavy atom. The smallest absolute Gasteiger partial charge is 0.263 e. The van der Waals surface area contributed by atoms with Crippen LogP contribution in [0.1, 0.15) is 16.8 Å². The van der Waals surface area contributed by atoms with Crippen LogP contribution in [0.2, 0.25) is 5.02 Å². The molecule has 1 amide bonds. The molecule has 6 nitrogen and oxygen atoms in total. The van der Waals surface area contributed by atoms with Crippen molar-refractivity contribution in [1.29, 1.82) is 0 Å². The Labute approximate surface area is 213 Å². The van der Waals surface area contributed by atoms with Crippen molar-refractivity contribution in [2.24, 2.45) is 0 Å². The fourth-order valence-electron chi connectivity index (χ4n) is 4.06. The van der Waals surface area contributed by atoms with Crippen LogP contribution in [0.15, 0.2) is 72.8 Å². The van der Waals surface area contributed by atoms with Gasteiger partial charge < -0.3 is 9.47 Å². The number of morpholine rings is 1. The number of nitrogens with zero attached hydrogens (tertiary/aromatic N) is 3. The summed E-state index contributed by atoms with van der Waals surface area (Å²) < 4.78 is 12.5. The van der Waals surface area contributed by atoms with E-state index in [1.807, 2.05) is 66.7 Å². The van der Waals surface area contributed by atoms with Gasteiger partial charge >= 0.3 is 0 Å². The van der Waals surface area contributed by atoms with Gasteiger partial charge in [-0.2, -0.15) is 0 Å². The highest BCUT2D eigenvalue weighted by molar-refractivity contribution is 7.22. The SMILES string of the molecule is O=C(c1ccccc1Oc1ccccc1)N(CCCN1CCOCC1)c1nc2ccc(Cl)cc2s1. The molecule has 0 saturated carbocycles. The summed E-state index contributed by atoms with van der Waals surface area (Å²) in [5, 5.41) is 1.31. The number of aromatic nitrogens is 1. The van der Waals surface area contributed by atoms with Crippen LogP contribution in [0, 0.1) is 0 Å². The van der Waals surface area contributed by atoms with E-state index < -0.39 is 0 Å². The van der Waals surface area contributed by atoms with Crippen LogP contribution in [0.5, 0.6) is 11.5 Å². The number of carbonyl (C=O) groups is 1. The molecule has 1 aliphatic heterocycles. The Morgan fingerprint density at radius 2 is 1.83 bits per heavy atom. The summed E-state index contributed by atoms with van der Waals surface area (Å²) in [6.45, 7) is 4.79. The molecule has 35 heavy (non-hydrogen) atoms. The number of benzene rings is 3. The molecular formula is C27H26ClN3O3S. The minimum absolute atomic E-state index is 0.135. The molecule has 2 heterocycles. The molecule has 0 aliphatic carbocycles. The van der Waals surface area contributed by atoms with E-state index in [9.17, 15) is 4.79 Å². The summed E-state index contributed by atoms with van der Waals surface area (Å²) in [7, 11) is 0. The van der Waals surface area contributed by atoms with Crippen LogP contribution < -0.4 is 9.64 Å². The number of hydrogen-bond acceptors (Lipinski definition) is 6. The topological polar surface area (TPSA) is 54.9 Å². The van der Waals surface area contributed by atoms with Crippen molar-refractivity contribution < 1.29 is 14.3 Å². The lowest BCUT2D eigenvalue weighted by Gasteiger charge is -2.28. The normalized spacial score (nSPS) is 14.2. The third-order valence-corrected chi connectivity index (χ3v) is 7.14. The van der Waals surface area contributed by atoms with Gasteiger partial charge in [0.1, 0.15) is 11.5 Å². The number of fused-ring (bicyclic) bond motifs is 1. The van der Waals surface area contributed by atoms with Gasteiger partial charge in [0.15, 0.2) is 5.13 Å². The van der Waals surface area contributed by atoms with Gasteiger partial charge in [0, 0.05) is 31.2 Å². The maximum atomic E-state index is 13.9. The molecule has 0 spiro atoms. The summed E-state index contributed by atoms with van der Waals surface area (Å²) in [6, 6.07) is 22.4. The van der Waals surface area contributed by atoms with Crippen LogP contribution in [0.4, 0.5) is 5.13 Å². The first-order chi connectivity index (χ1) is 17.2. The van der Waals surface area contributed by atoms with Gasteiger partial charge in [0.05, 0.1) is 29.0 Å². The number of halogens is 1. The summed E-state index contributed by atoms with van der Waals surface area (Å²) in [6.07, 6.45) is 0.824. The molecule has 1 aromatic heterocycles. The van der Waals surface area contributed by atoms with Gasteiger partial charge in [-0.3, -0.25) is 14.6 Å². The van der Waals surface area contributed by atoms with Gasteiger partial charge in [-0.1, -0.05) is 53.3 Å². The van der Waals surface area contributed by atoms with E-state index in [1.54, 1.807) is 11.0 Å². The van der Waals surface area contributed by atoms with E-state index in [0.717, 1.165) is 49.5 Å². The molecule has 1 saturated heterocycles. The molecule has 3 aromatic carbocycles. The first kappa shape index (κ1) is 23.8. The lowest BCUT2D eigenvalue weighted by molar-refractivity contribution is 0.0376. The van der Waals surface area contributed by atoms with Crippen molar-refractivity contribution >= 4 is 44.2 Å². The van der Waals surface area contributed by atoms with Crippen LogP contribution >= 0.6 is 22.9 Å². The highest BCUT2D eigenvalue weighted by Gasteiger charge is 2.24. The van der Waals surface area contributed by atoms with Crippen LogP contribution in [-0.4, -0.2) is 55.2 Å². The van der Waals surface area contributed by atoms with Gasteiger partial charge in [-0.05, 0) is 48.9 Å². The molecule has 0 radical (unpaired) electrons. The number of rotatable bonds is 8. The first-order valence-electron chi connectivity index (χ1n) is 11.7. The number of carbonyl (C=O) groups excluding carboxylic acids is 1. The number of ether oxygens (including phenoxy) is 2. The van der Waals surface area contributed by atoms with Gasteiger partial charge in [0.25, 0.3) is 5.91 Å². The zero-order valence-corrected chi connectivity index (χ0v) is 20.8. The lowest BCUT2D eigenvalue weighted by atomic mass is 10.1. The van der Waals surface area contributed by atoms with Crippen LogP contribution in [0.25, 0.3) is 10.2 Å². The molecule has 4 aromatic rings. The van der Waals surface area contributed by atoms with Crippen molar-refractivity contribution in [1.82, 2.24) is 9.88 Å². The maximum absolute atomic E-state index is 13.9. The first-order valence-corrected chi connectivity index (χ1v) is 12.9. The second-order valence-electron chi connectivity index (χ2n) is 8.28. The third-order valence-electron chi connectivity index (χ3n) is 5.86. The standard InChI is InChI=1S/C27H26ClN3O3S/c28-20-11-12-23-25(19-20)35-27(29-23)31(14-6-13-30-15-17-33-18-16-30)26(32)22-9-4-5-10-24(22)34-21-7-2-1-3-8-21/h1-5,7-12,19H,6,13-18H2. The zero-order valence-electron chi connectivity index (χ0n) is 19.2. The predicted octanol–water partition coefficient (Wildman–Crippen LogP) is 6.11. The molecule has 0 N–H and O–H groups in total. The largest absolute Gasteiger partial charge is 0.457 e. The molecule has 0 bridgehead atoms. The van der Waals surface area contributed by atoms with E-state index in [2.05, 4.69) is 4.90 Å². The van der Waals surface area contributed by atoms with Gasteiger partial charge in [-0.15, -0.1) is 0 Å². The van der Waals surface area contributed by atoms with E-state index in [1.165, 1.54) is 11.3 Å². The minimum Gasteiger partial charge on any atom is -0.457 e. The molecule has 0 unspecified atom stereocenters. The molecule has 5 rings (SSSR count). The molecule has 1 fully saturated rings. The number of amides is 1. The Morgan fingerprint density at radius 3 is 2.66 bits per heavy atom. The lowest BCUT2D eigenvalue weighted by Crippen LogP contribution is -2.39. The Balaban J connectivity index is 1.43. The van der Waals surface area contributed by atoms with E-state index in [-0.39, 0.29) is 5.91 Å². The fourth-order valence-corrected chi connectivity index (χ4v) is 5.32. The summed E-state index contributed by atoms with van der Waals surface area (Å²) in [5.74, 6) is 1.07. The van der Waals surface area contributed by atoms with Crippen molar-refractivity contribution in [2.75, 3.05) is 44.3 Å². The molecule has 180 valence electrons. The Kier molecular flexibility index (Phi) is 7.59. The van der Waals surface area contributed by atoms with Crippen molar-refractivity contribution in [3.63, 3.8) is 0 Å². The van der Waals surface area contributed by atoms with Crippen molar-refractivity contribution in [2.45, 2.75) is 6.42 Å². The number of anilines is 1. The highest BCUT2D eigenvalue weighted by atomic mass is 35.5.